The van der Waals surface area contributed by atoms with E-state index in [4.69, 9.17) is 9.47 Å². The van der Waals surface area contributed by atoms with E-state index in [1.807, 2.05) is 6.92 Å². The normalized spacial score (nSPS) is 16.9. The van der Waals surface area contributed by atoms with Gasteiger partial charge in [-0.05, 0) is 55.3 Å². The van der Waals surface area contributed by atoms with Crippen LogP contribution in [0.4, 0.5) is 9.52 Å². The topological polar surface area (TPSA) is 106 Å². The third-order valence-corrected chi connectivity index (χ3v) is 6.73. The molecule has 0 radical (unpaired) electrons. The van der Waals surface area contributed by atoms with Crippen LogP contribution in [0.15, 0.2) is 54.1 Å². The van der Waals surface area contributed by atoms with Crippen molar-refractivity contribution in [2.75, 3.05) is 18.6 Å². The van der Waals surface area contributed by atoms with Gasteiger partial charge in [-0.15, -0.1) is 0 Å². The lowest BCUT2D eigenvalue weighted by atomic mass is 9.95. The van der Waals surface area contributed by atoms with E-state index < -0.39 is 35.3 Å². The maximum atomic E-state index is 13.7. The summed E-state index contributed by atoms with van der Waals surface area (Å²) in [4.78, 5) is 44.2. The number of ether oxygens (including phenoxy) is 2. The molecule has 1 aliphatic rings. The van der Waals surface area contributed by atoms with Gasteiger partial charge in [0.1, 0.15) is 22.2 Å². The van der Waals surface area contributed by atoms with Gasteiger partial charge in [-0.3, -0.25) is 14.5 Å². The molecule has 2 aromatic carbocycles. The monoisotopic (exact) mass is 510 g/mol. The minimum Gasteiger partial charge on any atom is -0.507 e. The van der Waals surface area contributed by atoms with Crippen molar-refractivity contribution in [2.45, 2.75) is 26.3 Å². The van der Waals surface area contributed by atoms with Crippen LogP contribution in [0.2, 0.25) is 0 Å². The third kappa shape index (κ3) is 4.59. The molecular weight excluding hydrogens is 487 g/mol. The van der Waals surface area contributed by atoms with Gasteiger partial charge in [-0.1, -0.05) is 30.4 Å². The molecule has 0 unspecified atom stereocenters. The Labute approximate surface area is 210 Å². The predicted octanol–water partition coefficient (Wildman–Crippen LogP) is 4.79. The molecule has 36 heavy (non-hydrogen) atoms. The van der Waals surface area contributed by atoms with Gasteiger partial charge in [-0.2, -0.15) is 0 Å². The number of esters is 1. The summed E-state index contributed by atoms with van der Waals surface area (Å²) >= 11 is 0.888. The zero-order chi connectivity index (χ0) is 26.0. The van der Waals surface area contributed by atoms with Crippen LogP contribution in [0.25, 0.3) is 5.76 Å². The van der Waals surface area contributed by atoms with Crippen LogP contribution < -0.4 is 9.64 Å². The number of ketones is 1. The SMILES string of the molecule is CCCOc1ccc(/C(O)=C2\C(=O)C(=O)N(c3nc(C)c(C(=O)OC)s3)[C@@H]2c2ccc(F)cc2)cc1. The second kappa shape index (κ2) is 10.3. The first-order chi connectivity index (χ1) is 17.3. The smallest absolute Gasteiger partial charge is 0.350 e. The number of thiazole rings is 1. The van der Waals surface area contributed by atoms with Gasteiger partial charge in [0.05, 0.1) is 31.0 Å². The van der Waals surface area contributed by atoms with E-state index in [1.54, 1.807) is 31.2 Å². The van der Waals surface area contributed by atoms with Crippen LogP contribution in [-0.4, -0.2) is 41.5 Å². The molecule has 0 aliphatic carbocycles. The highest BCUT2D eigenvalue weighted by molar-refractivity contribution is 7.17. The van der Waals surface area contributed by atoms with E-state index in [1.165, 1.54) is 31.4 Å². The number of methoxy groups -OCH3 is 1. The molecule has 0 bridgehead atoms. The lowest BCUT2D eigenvalue weighted by molar-refractivity contribution is -0.132. The Morgan fingerprint density at radius 2 is 1.81 bits per heavy atom. The number of aliphatic hydroxyl groups is 1. The first-order valence-electron chi connectivity index (χ1n) is 11.1. The summed E-state index contributed by atoms with van der Waals surface area (Å²) in [7, 11) is 1.23. The fourth-order valence-electron chi connectivity index (χ4n) is 3.84. The summed E-state index contributed by atoms with van der Waals surface area (Å²) < 4.78 is 24.0. The van der Waals surface area contributed by atoms with Gasteiger partial charge in [0, 0.05) is 5.56 Å². The first kappa shape index (κ1) is 25.1. The summed E-state index contributed by atoms with van der Waals surface area (Å²) in [5.41, 5.74) is 0.827. The fourth-order valence-corrected chi connectivity index (χ4v) is 4.85. The first-order valence-corrected chi connectivity index (χ1v) is 11.9. The average Bonchev–Trinajstić information content (AvgIpc) is 3.39. The molecule has 186 valence electrons. The molecule has 1 atom stereocenters. The van der Waals surface area contributed by atoms with Crippen LogP contribution in [0, 0.1) is 12.7 Å². The van der Waals surface area contributed by atoms with Crippen molar-refractivity contribution in [1.29, 1.82) is 0 Å². The molecule has 2 heterocycles. The Morgan fingerprint density at radius 1 is 1.14 bits per heavy atom. The second-order valence-electron chi connectivity index (χ2n) is 8.00. The molecular formula is C26H23FN2O6S. The minimum atomic E-state index is -1.10. The van der Waals surface area contributed by atoms with Gasteiger partial charge < -0.3 is 14.6 Å². The highest BCUT2D eigenvalue weighted by Crippen LogP contribution is 2.44. The maximum absolute atomic E-state index is 13.7. The molecule has 3 aromatic rings. The van der Waals surface area contributed by atoms with E-state index in [0.29, 0.717) is 29.2 Å². The number of aromatic nitrogens is 1. The molecule has 1 aliphatic heterocycles. The number of carbonyl (C=O) groups is 3. The molecule has 1 saturated heterocycles. The zero-order valence-corrected chi connectivity index (χ0v) is 20.6. The molecule has 0 spiro atoms. The van der Waals surface area contributed by atoms with E-state index >= 15 is 0 Å². The lowest BCUT2D eigenvalue weighted by Crippen LogP contribution is -2.29. The summed E-state index contributed by atoms with van der Waals surface area (Å²) in [6.07, 6.45) is 0.830. The van der Waals surface area contributed by atoms with Crippen LogP contribution >= 0.6 is 11.3 Å². The van der Waals surface area contributed by atoms with Crippen molar-refractivity contribution in [1.82, 2.24) is 4.98 Å². The summed E-state index contributed by atoms with van der Waals surface area (Å²) in [5.74, 6) is -2.79. The van der Waals surface area contributed by atoms with Crippen molar-refractivity contribution in [3.63, 3.8) is 0 Å². The van der Waals surface area contributed by atoms with E-state index in [2.05, 4.69) is 4.98 Å². The Balaban J connectivity index is 1.85. The van der Waals surface area contributed by atoms with Crippen molar-refractivity contribution in [3.05, 3.63) is 81.6 Å². The number of benzene rings is 2. The number of nitrogens with zero attached hydrogens (tertiary/aromatic N) is 2. The fraction of sp³-hybridized carbons (Fsp3) is 0.231. The van der Waals surface area contributed by atoms with Crippen LogP contribution in [0.3, 0.4) is 0 Å². The van der Waals surface area contributed by atoms with Gasteiger partial charge in [-0.25, -0.2) is 14.2 Å². The number of hydrogen-bond donors (Lipinski definition) is 1. The zero-order valence-electron chi connectivity index (χ0n) is 19.8. The predicted molar refractivity (Wildman–Crippen MR) is 132 cm³/mol. The maximum Gasteiger partial charge on any atom is 0.350 e. The highest BCUT2D eigenvalue weighted by atomic mass is 32.1. The quantitative estimate of drug-likeness (QED) is 0.211. The number of hydrogen-bond acceptors (Lipinski definition) is 8. The van der Waals surface area contributed by atoms with Crippen molar-refractivity contribution >= 4 is 39.9 Å². The molecule has 4 rings (SSSR count). The second-order valence-corrected chi connectivity index (χ2v) is 8.97. The van der Waals surface area contributed by atoms with E-state index in [-0.39, 0.29) is 15.6 Å². The number of carbonyl (C=O) groups excluding carboxylic acids is 3. The largest absolute Gasteiger partial charge is 0.507 e. The van der Waals surface area contributed by atoms with Crippen LogP contribution in [-0.2, 0) is 14.3 Å². The highest BCUT2D eigenvalue weighted by Gasteiger charge is 2.48. The lowest BCUT2D eigenvalue weighted by Gasteiger charge is -2.23. The number of aryl methyl sites for hydroxylation is 1. The molecule has 10 heteroatoms. The minimum absolute atomic E-state index is 0.0756. The summed E-state index contributed by atoms with van der Waals surface area (Å²) in [6, 6.07) is 10.6. The number of amides is 1. The number of halogens is 1. The van der Waals surface area contributed by atoms with Crippen LogP contribution in [0.1, 0.15) is 45.9 Å². The van der Waals surface area contributed by atoms with Gasteiger partial charge >= 0.3 is 11.9 Å². The number of rotatable bonds is 7. The summed E-state index contributed by atoms with van der Waals surface area (Å²) in [5, 5.41) is 11.3. The Kier molecular flexibility index (Phi) is 7.16. The number of aliphatic hydroxyl groups excluding tert-OH is 1. The Bertz CT molecular complexity index is 1350. The van der Waals surface area contributed by atoms with Gasteiger partial charge in [0.15, 0.2) is 5.13 Å². The van der Waals surface area contributed by atoms with Crippen molar-refractivity contribution in [3.8, 4) is 5.75 Å². The third-order valence-electron chi connectivity index (χ3n) is 5.59. The summed E-state index contributed by atoms with van der Waals surface area (Å²) in [6.45, 7) is 4.09. The standard InChI is InChI=1S/C26H23FN2O6S/c1-4-13-35-18-11-7-16(8-12-18)21(30)19-20(15-5-9-17(27)10-6-15)29(24(32)22(19)31)26-28-14(2)23(36-26)25(33)34-3/h5-12,20,30H,4,13H2,1-3H3/b21-19+/t20-/m1/s1. The molecule has 1 aromatic heterocycles. The van der Waals surface area contributed by atoms with E-state index in [9.17, 15) is 23.9 Å². The molecule has 1 fully saturated rings. The number of Topliss-reactive ketones (excluding diaryl/α,β-unsaturated/α-hetero) is 1. The Morgan fingerprint density at radius 3 is 2.42 bits per heavy atom. The number of anilines is 1. The van der Waals surface area contributed by atoms with Crippen LogP contribution in [0.5, 0.6) is 5.75 Å². The molecule has 0 saturated carbocycles. The average molecular weight is 511 g/mol. The molecule has 1 N–H and O–H groups in total. The molecule has 1 amide bonds. The van der Waals surface area contributed by atoms with Gasteiger partial charge in [0.25, 0.3) is 5.78 Å². The Hall–Kier alpha value is -4.05. The van der Waals surface area contributed by atoms with E-state index in [0.717, 1.165) is 22.7 Å². The van der Waals surface area contributed by atoms with Crippen molar-refractivity contribution < 1.29 is 33.4 Å². The van der Waals surface area contributed by atoms with Gasteiger partial charge in [0.2, 0.25) is 0 Å². The molecule has 8 nitrogen and oxygen atoms in total. The van der Waals surface area contributed by atoms with Crippen molar-refractivity contribution in [2.24, 2.45) is 0 Å².